The van der Waals surface area contributed by atoms with Gasteiger partial charge in [-0.25, -0.2) is 0 Å². The molecule has 146 valence electrons. The minimum atomic E-state index is -0.346. The molecule has 3 rings (SSSR count). The van der Waals surface area contributed by atoms with Gasteiger partial charge < -0.3 is 15.2 Å². The average Bonchev–Trinajstić information content (AvgIpc) is 3.13. The first-order chi connectivity index (χ1) is 12.4. The summed E-state index contributed by atoms with van der Waals surface area (Å²) in [6.45, 7) is 9.16. The Morgan fingerprint density at radius 2 is 2.15 bits per heavy atom. The Kier molecular flexibility index (Phi) is 6.03. The van der Waals surface area contributed by atoms with Crippen LogP contribution in [0.4, 0.5) is 0 Å². The summed E-state index contributed by atoms with van der Waals surface area (Å²) in [7, 11) is 0. The number of aromatic nitrogens is 2. The maximum Gasteiger partial charge on any atom is 0.254 e. The predicted octanol–water partition coefficient (Wildman–Crippen LogP) is 2.54. The lowest BCUT2D eigenvalue weighted by Crippen LogP contribution is -2.41. The molecule has 1 aliphatic carbocycles. The van der Waals surface area contributed by atoms with Gasteiger partial charge in [0.25, 0.3) is 5.91 Å². The molecule has 2 atom stereocenters. The number of aliphatic hydroxyl groups excluding tert-OH is 1. The van der Waals surface area contributed by atoms with Crippen molar-refractivity contribution < 1.29 is 14.6 Å². The van der Waals surface area contributed by atoms with Gasteiger partial charge in [-0.15, -0.1) is 0 Å². The molecule has 6 heteroatoms. The second-order valence-corrected chi connectivity index (χ2v) is 8.48. The minimum absolute atomic E-state index is 0.00525. The smallest absolute Gasteiger partial charge is 0.254 e. The quantitative estimate of drug-likeness (QED) is 0.814. The van der Waals surface area contributed by atoms with E-state index in [0.29, 0.717) is 18.0 Å². The van der Waals surface area contributed by atoms with Gasteiger partial charge in [0.1, 0.15) is 0 Å². The molecule has 2 fully saturated rings. The van der Waals surface area contributed by atoms with E-state index >= 15 is 0 Å². The lowest BCUT2D eigenvalue weighted by Gasteiger charge is -2.37. The van der Waals surface area contributed by atoms with E-state index in [4.69, 9.17) is 4.74 Å². The van der Waals surface area contributed by atoms with Gasteiger partial charge in [-0.2, -0.15) is 5.10 Å². The van der Waals surface area contributed by atoms with E-state index in [-0.39, 0.29) is 23.3 Å². The molecule has 1 aromatic heterocycles. The van der Waals surface area contributed by atoms with Gasteiger partial charge in [0.15, 0.2) is 0 Å². The normalized spacial score (nSPS) is 25.1. The fourth-order valence-corrected chi connectivity index (χ4v) is 4.41. The number of carbonyl (C=O) groups is 1. The molecular formula is C20H33N3O3. The van der Waals surface area contributed by atoms with Crippen LogP contribution in [0.25, 0.3) is 0 Å². The van der Waals surface area contributed by atoms with Gasteiger partial charge in [0, 0.05) is 43.3 Å². The second kappa shape index (κ2) is 8.09. The molecule has 2 N–H and O–H groups in total. The van der Waals surface area contributed by atoms with Crippen molar-refractivity contribution in [3.05, 3.63) is 17.5 Å². The predicted molar refractivity (Wildman–Crippen MR) is 100.0 cm³/mol. The molecule has 2 aliphatic rings. The first-order valence-corrected chi connectivity index (χ1v) is 9.99. The number of aliphatic hydroxyl groups is 1. The summed E-state index contributed by atoms with van der Waals surface area (Å²) in [6.07, 6.45) is 6.22. The van der Waals surface area contributed by atoms with Gasteiger partial charge in [-0.1, -0.05) is 13.8 Å². The zero-order valence-electron chi connectivity index (χ0n) is 16.3. The Hall–Kier alpha value is -1.40. The fourth-order valence-electron chi connectivity index (χ4n) is 4.41. The van der Waals surface area contributed by atoms with Gasteiger partial charge in [-0.3, -0.25) is 9.48 Å². The van der Waals surface area contributed by atoms with Crippen molar-refractivity contribution in [3.63, 3.8) is 0 Å². The molecule has 0 bridgehead atoms. The van der Waals surface area contributed by atoms with Crippen molar-refractivity contribution in [2.24, 2.45) is 17.3 Å². The molecular weight excluding hydrogens is 330 g/mol. The zero-order valence-corrected chi connectivity index (χ0v) is 16.3. The SMILES string of the molecule is Cc1c(C(=O)NCC2CCC3(CCOCC3)C2O)cnn1CCC(C)C. The van der Waals surface area contributed by atoms with Crippen LogP contribution in [0, 0.1) is 24.2 Å². The molecule has 0 radical (unpaired) electrons. The highest BCUT2D eigenvalue weighted by atomic mass is 16.5. The van der Waals surface area contributed by atoms with Gasteiger partial charge in [0.2, 0.25) is 0 Å². The van der Waals surface area contributed by atoms with Crippen molar-refractivity contribution in [2.75, 3.05) is 19.8 Å². The Labute approximate surface area is 156 Å². The third-order valence-electron chi connectivity index (χ3n) is 6.37. The van der Waals surface area contributed by atoms with Crippen LogP contribution in [0.2, 0.25) is 0 Å². The van der Waals surface area contributed by atoms with Crippen LogP contribution < -0.4 is 5.32 Å². The maximum atomic E-state index is 12.6. The Morgan fingerprint density at radius 1 is 1.42 bits per heavy atom. The molecule has 0 aromatic carbocycles. The van der Waals surface area contributed by atoms with E-state index < -0.39 is 0 Å². The standard InChI is InChI=1S/C20H33N3O3/c1-14(2)5-9-23-15(3)17(13-22-23)19(25)21-12-16-4-6-20(18(16)24)7-10-26-11-8-20/h13-14,16,18,24H,4-12H2,1-3H3,(H,21,25). The van der Waals surface area contributed by atoms with Crippen LogP contribution >= 0.6 is 0 Å². The molecule has 1 spiro atoms. The number of hydrogen-bond acceptors (Lipinski definition) is 4. The zero-order chi connectivity index (χ0) is 18.7. The average molecular weight is 364 g/mol. The first kappa shape index (κ1) is 19.4. The number of nitrogens with zero attached hydrogens (tertiary/aromatic N) is 2. The number of aryl methyl sites for hydroxylation is 1. The number of amides is 1. The molecule has 6 nitrogen and oxygen atoms in total. The molecule has 1 aliphatic heterocycles. The van der Waals surface area contributed by atoms with E-state index in [1.807, 2.05) is 11.6 Å². The molecule has 1 aromatic rings. The summed E-state index contributed by atoms with van der Waals surface area (Å²) in [5, 5.41) is 18.2. The van der Waals surface area contributed by atoms with Crippen molar-refractivity contribution in [1.82, 2.24) is 15.1 Å². The summed E-state index contributed by atoms with van der Waals surface area (Å²) >= 11 is 0. The third kappa shape index (κ3) is 3.96. The molecule has 1 saturated heterocycles. The Morgan fingerprint density at radius 3 is 2.85 bits per heavy atom. The highest BCUT2D eigenvalue weighted by Crippen LogP contribution is 2.48. The number of ether oxygens (including phenoxy) is 1. The molecule has 1 saturated carbocycles. The van der Waals surface area contributed by atoms with E-state index in [2.05, 4.69) is 24.3 Å². The van der Waals surface area contributed by atoms with Gasteiger partial charge >= 0.3 is 0 Å². The van der Waals surface area contributed by atoms with Crippen LogP contribution in [0.3, 0.4) is 0 Å². The van der Waals surface area contributed by atoms with Gasteiger partial charge in [0.05, 0.1) is 17.9 Å². The van der Waals surface area contributed by atoms with Crippen molar-refractivity contribution in [1.29, 1.82) is 0 Å². The monoisotopic (exact) mass is 363 g/mol. The Bertz CT molecular complexity index is 620. The molecule has 1 amide bonds. The third-order valence-corrected chi connectivity index (χ3v) is 6.37. The summed E-state index contributed by atoms with van der Waals surface area (Å²) < 4.78 is 7.37. The number of hydrogen-bond donors (Lipinski definition) is 2. The van der Waals surface area contributed by atoms with Crippen LogP contribution in [-0.2, 0) is 11.3 Å². The van der Waals surface area contributed by atoms with Crippen molar-refractivity contribution in [3.8, 4) is 0 Å². The second-order valence-electron chi connectivity index (χ2n) is 8.48. The van der Waals surface area contributed by atoms with E-state index in [1.54, 1.807) is 6.20 Å². The lowest BCUT2D eigenvalue weighted by atomic mass is 9.76. The fraction of sp³-hybridized carbons (Fsp3) is 0.800. The first-order valence-electron chi connectivity index (χ1n) is 9.99. The van der Waals surface area contributed by atoms with Crippen molar-refractivity contribution in [2.45, 2.75) is 65.5 Å². The number of nitrogens with one attached hydrogen (secondary N) is 1. The van der Waals surface area contributed by atoms with Crippen LogP contribution in [0.1, 0.15) is 62.0 Å². The van der Waals surface area contributed by atoms with Crippen LogP contribution in [0.15, 0.2) is 6.20 Å². The summed E-state index contributed by atoms with van der Waals surface area (Å²) in [4.78, 5) is 12.6. The number of rotatable bonds is 6. The maximum absolute atomic E-state index is 12.6. The minimum Gasteiger partial charge on any atom is -0.392 e. The lowest BCUT2D eigenvalue weighted by molar-refractivity contribution is -0.0555. The highest BCUT2D eigenvalue weighted by molar-refractivity contribution is 5.95. The summed E-state index contributed by atoms with van der Waals surface area (Å²) in [5.41, 5.74) is 1.56. The Balaban J connectivity index is 1.54. The van der Waals surface area contributed by atoms with Crippen molar-refractivity contribution >= 4 is 5.91 Å². The van der Waals surface area contributed by atoms with Gasteiger partial charge in [-0.05, 0) is 44.9 Å². The van der Waals surface area contributed by atoms with Crippen LogP contribution in [-0.4, -0.2) is 46.7 Å². The largest absolute Gasteiger partial charge is 0.392 e. The van der Waals surface area contributed by atoms with E-state index in [9.17, 15) is 9.90 Å². The molecule has 26 heavy (non-hydrogen) atoms. The summed E-state index contributed by atoms with van der Waals surface area (Å²) in [6, 6.07) is 0. The van der Waals surface area contributed by atoms with Crippen LogP contribution in [0.5, 0.6) is 0 Å². The number of carbonyl (C=O) groups excluding carboxylic acids is 1. The highest BCUT2D eigenvalue weighted by Gasteiger charge is 2.48. The topological polar surface area (TPSA) is 76.4 Å². The van der Waals surface area contributed by atoms with E-state index in [0.717, 1.165) is 57.6 Å². The molecule has 2 unspecified atom stereocenters. The summed E-state index contributed by atoms with van der Waals surface area (Å²) in [5.74, 6) is 0.656. The van der Waals surface area contributed by atoms with E-state index in [1.165, 1.54) is 0 Å². The molecule has 2 heterocycles.